The third-order valence-electron chi connectivity index (χ3n) is 6.55. The number of hydrogen-bond donors (Lipinski definition) is 5. The van der Waals surface area contributed by atoms with Crippen LogP contribution in [0.5, 0.6) is 0 Å². The van der Waals surface area contributed by atoms with E-state index in [4.69, 9.17) is 15.6 Å². The summed E-state index contributed by atoms with van der Waals surface area (Å²) in [5, 5.41) is 32.7. The van der Waals surface area contributed by atoms with E-state index in [1.54, 1.807) is 11.0 Å². The topological polar surface area (TPSA) is 216 Å². The smallest absolute Gasteiger partial charge is 0.477 e. The third-order valence-corrected chi connectivity index (χ3v) is 8.52. The van der Waals surface area contributed by atoms with Crippen LogP contribution in [-0.4, -0.2) is 102 Å². The molecule has 3 amide bonds. The Bertz CT molecular complexity index is 1420. The molecule has 3 aliphatic heterocycles. The number of nitrogens with zero attached hydrogens (tertiary/aromatic N) is 4. The minimum atomic E-state index is -5.08. The number of halogens is 3. The number of nitrogens with two attached hydrogens (primary N) is 1. The number of carbonyl (C=O) groups excluding carboxylic acids is 3. The molecule has 0 spiro atoms. The molecule has 1 aromatic rings. The summed E-state index contributed by atoms with van der Waals surface area (Å²) >= 11 is 2.34. The molecule has 226 valence electrons. The lowest BCUT2D eigenvalue weighted by molar-refractivity contribution is -0.192. The monoisotopic (exact) mass is 632 g/mol. The summed E-state index contributed by atoms with van der Waals surface area (Å²) in [5.41, 5.74) is 5.97. The first-order chi connectivity index (χ1) is 19.7. The molecule has 42 heavy (non-hydrogen) atoms. The highest BCUT2D eigenvalue weighted by atomic mass is 32.2. The largest absolute Gasteiger partial charge is 0.490 e. The maximum Gasteiger partial charge on any atom is 0.490 e. The number of aliphatic carboxylic acids is 2. The summed E-state index contributed by atoms with van der Waals surface area (Å²) in [6.45, 7) is 1.35. The lowest BCUT2D eigenvalue weighted by Gasteiger charge is -2.49. The van der Waals surface area contributed by atoms with E-state index < -0.39 is 47.1 Å². The van der Waals surface area contributed by atoms with Gasteiger partial charge in [0.15, 0.2) is 10.8 Å². The predicted molar refractivity (Wildman–Crippen MR) is 140 cm³/mol. The summed E-state index contributed by atoms with van der Waals surface area (Å²) in [5.74, 6) is -4.74. The van der Waals surface area contributed by atoms with Gasteiger partial charge in [-0.05, 0) is 36.8 Å². The zero-order valence-corrected chi connectivity index (χ0v) is 23.0. The Balaban J connectivity index is 0.000000517. The number of carboxylic acids is 2. The molecule has 14 nitrogen and oxygen atoms in total. The number of fused-ring (bicyclic) bond motifs is 1. The van der Waals surface area contributed by atoms with Crippen LogP contribution in [0, 0.1) is 5.92 Å². The molecule has 0 bridgehead atoms. The van der Waals surface area contributed by atoms with Crippen LogP contribution >= 0.6 is 23.1 Å². The van der Waals surface area contributed by atoms with Gasteiger partial charge in [0.2, 0.25) is 5.91 Å². The minimum absolute atomic E-state index is 0.0596. The molecule has 0 radical (unpaired) electrons. The normalized spacial score (nSPS) is 23.3. The van der Waals surface area contributed by atoms with Crippen molar-refractivity contribution < 1.29 is 52.6 Å². The fourth-order valence-corrected chi connectivity index (χ4v) is 6.22. The van der Waals surface area contributed by atoms with Crippen LogP contribution in [0.25, 0.3) is 0 Å². The molecule has 1 aromatic heterocycles. The number of alkyl halides is 3. The molecule has 4 aliphatic rings. The Labute approximate surface area is 242 Å². The second kappa shape index (κ2) is 12.0. The number of allylic oxidation sites excluding steroid dienone is 1. The summed E-state index contributed by atoms with van der Waals surface area (Å²) in [6.07, 6.45) is -0.682. The van der Waals surface area contributed by atoms with Crippen molar-refractivity contribution in [1.82, 2.24) is 20.1 Å². The Morgan fingerprint density at radius 1 is 1.24 bits per heavy atom. The third kappa shape index (κ3) is 6.51. The van der Waals surface area contributed by atoms with E-state index in [1.807, 2.05) is 0 Å². The fourth-order valence-electron chi connectivity index (χ4n) is 4.37. The lowest BCUT2D eigenvalue weighted by Crippen LogP contribution is -2.71. The fraction of sp³-hybridized carbons (Fsp3) is 0.435. The van der Waals surface area contributed by atoms with Crippen molar-refractivity contribution in [2.24, 2.45) is 11.1 Å². The predicted octanol–water partition coefficient (Wildman–Crippen LogP) is 0.844. The summed E-state index contributed by atoms with van der Waals surface area (Å²) in [7, 11) is 0. The van der Waals surface area contributed by atoms with E-state index in [1.165, 1.54) is 17.1 Å². The van der Waals surface area contributed by atoms with Crippen LogP contribution in [-0.2, 0) is 24.0 Å². The highest BCUT2D eigenvalue weighted by Crippen LogP contribution is 2.41. The molecule has 2 atom stereocenters. The molecule has 5 rings (SSSR count). The zero-order chi connectivity index (χ0) is 30.9. The first-order valence-corrected chi connectivity index (χ1v) is 14.1. The van der Waals surface area contributed by atoms with Crippen LogP contribution in [0.2, 0.25) is 0 Å². The van der Waals surface area contributed by atoms with Crippen molar-refractivity contribution in [2.75, 3.05) is 24.6 Å². The molecular formula is C23H23F3N6O8S2. The average molecular weight is 633 g/mol. The first-order valence-electron chi connectivity index (χ1n) is 12.2. The number of carbonyl (C=O) groups is 5. The SMILES string of the molecule is Nc1nc(/C(=N/O)C(=O)N[C@@H]2C(=O)N3C(C(=O)O)=C(/C=C4\CCN(CC5CC5)C4=O)CS[C@H]23)cs1.O=C(O)C(F)(F)F. The molecule has 1 saturated carbocycles. The Hall–Kier alpha value is -4.13. The molecule has 3 fully saturated rings. The van der Waals surface area contributed by atoms with Gasteiger partial charge in [0.05, 0.1) is 0 Å². The van der Waals surface area contributed by atoms with Crippen molar-refractivity contribution in [3.63, 3.8) is 0 Å². The van der Waals surface area contributed by atoms with Crippen LogP contribution in [0.1, 0.15) is 25.0 Å². The Morgan fingerprint density at radius 3 is 2.43 bits per heavy atom. The van der Waals surface area contributed by atoms with Crippen molar-refractivity contribution in [3.8, 4) is 0 Å². The van der Waals surface area contributed by atoms with Crippen LogP contribution in [0.3, 0.4) is 0 Å². The van der Waals surface area contributed by atoms with Gasteiger partial charge in [0, 0.05) is 29.8 Å². The number of aromatic nitrogens is 1. The quantitative estimate of drug-likeness (QED) is 0.0933. The Morgan fingerprint density at radius 2 is 1.90 bits per heavy atom. The van der Waals surface area contributed by atoms with E-state index in [0.29, 0.717) is 30.0 Å². The molecule has 4 heterocycles. The molecule has 19 heteroatoms. The average Bonchev–Trinajstić information content (AvgIpc) is 3.55. The van der Waals surface area contributed by atoms with Gasteiger partial charge in [-0.15, -0.1) is 23.1 Å². The van der Waals surface area contributed by atoms with Gasteiger partial charge in [-0.1, -0.05) is 5.16 Å². The summed E-state index contributed by atoms with van der Waals surface area (Å²) < 4.78 is 31.7. The number of β-lactam (4-membered cyclic amide) rings is 1. The van der Waals surface area contributed by atoms with Crippen molar-refractivity contribution in [2.45, 2.75) is 36.9 Å². The number of thioether (sulfide) groups is 1. The number of amides is 3. The number of rotatable bonds is 7. The second-order valence-corrected chi connectivity index (χ2v) is 11.5. The van der Waals surface area contributed by atoms with Crippen LogP contribution in [0.4, 0.5) is 18.3 Å². The van der Waals surface area contributed by atoms with Crippen molar-refractivity contribution in [1.29, 1.82) is 0 Å². The van der Waals surface area contributed by atoms with Gasteiger partial charge in [-0.3, -0.25) is 19.3 Å². The van der Waals surface area contributed by atoms with E-state index in [-0.39, 0.29) is 28.2 Å². The maximum atomic E-state index is 12.9. The van der Waals surface area contributed by atoms with Crippen molar-refractivity contribution in [3.05, 3.63) is 34.0 Å². The number of anilines is 1. The van der Waals surface area contributed by atoms with Gasteiger partial charge in [0.25, 0.3) is 11.8 Å². The lowest BCUT2D eigenvalue weighted by atomic mass is 10.0. The molecule has 1 aliphatic carbocycles. The Kier molecular flexibility index (Phi) is 8.81. The number of nitrogen functional groups attached to an aromatic ring is 1. The molecule has 6 N–H and O–H groups in total. The van der Waals surface area contributed by atoms with Crippen molar-refractivity contribution >= 4 is 63.6 Å². The summed E-state index contributed by atoms with van der Waals surface area (Å²) in [6, 6.07) is -1.01. The number of oxime groups is 1. The van der Waals surface area contributed by atoms with E-state index in [0.717, 1.165) is 35.6 Å². The highest BCUT2D eigenvalue weighted by Gasteiger charge is 2.54. The first kappa shape index (κ1) is 30.8. The number of nitrogens with one attached hydrogen (secondary N) is 1. The van der Waals surface area contributed by atoms with Gasteiger partial charge in [-0.25, -0.2) is 14.6 Å². The summed E-state index contributed by atoms with van der Waals surface area (Å²) in [4.78, 5) is 66.1. The van der Waals surface area contributed by atoms with E-state index in [9.17, 15) is 42.7 Å². The van der Waals surface area contributed by atoms with Gasteiger partial charge >= 0.3 is 18.1 Å². The number of carboxylic acid groups (broad SMARTS) is 2. The maximum absolute atomic E-state index is 12.9. The van der Waals surface area contributed by atoms with Gasteiger partial charge in [-0.2, -0.15) is 13.2 Å². The van der Waals surface area contributed by atoms with E-state index >= 15 is 0 Å². The molecule has 2 saturated heterocycles. The van der Waals surface area contributed by atoms with E-state index in [2.05, 4.69) is 15.5 Å². The highest BCUT2D eigenvalue weighted by molar-refractivity contribution is 8.00. The van der Waals surface area contributed by atoms with Gasteiger partial charge < -0.3 is 31.4 Å². The number of hydrogen-bond acceptors (Lipinski definition) is 11. The number of thiazole rings is 1. The minimum Gasteiger partial charge on any atom is -0.477 e. The van der Waals surface area contributed by atoms with Crippen LogP contribution < -0.4 is 11.1 Å². The zero-order valence-electron chi connectivity index (χ0n) is 21.3. The number of likely N-dealkylation sites (tertiary alicyclic amines) is 1. The molecule has 0 aromatic carbocycles. The molecule has 0 unspecified atom stereocenters. The molecular weight excluding hydrogens is 609 g/mol. The standard InChI is InChI=1S/C21H22N6O6S2.C2HF3O2/c22-21-23-12(8-35-21)13(25-33)16(28)24-14-18(30)27-15(20(31)32)11(7-34-19(14)27)5-10-3-4-26(17(10)29)6-9-1-2-9;3-2(4,5)1(6)7/h5,8-9,14,19,33H,1-4,6-7H2,(H2,22,23)(H,24,28)(H,31,32);(H,6,7)/b10-5+,25-13-;/t14-,19-;/m1./s1. The van der Waals surface area contributed by atoms with Gasteiger partial charge in [0.1, 0.15) is 22.8 Å². The second-order valence-electron chi connectivity index (χ2n) is 9.48. The van der Waals surface area contributed by atoms with Crippen LogP contribution in [0.15, 0.2) is 33.5 Å².